The van der Waals surface area contributed by atoms with E-state index in [0.29, 0.717) is 12.1 Å². The van der Waals surface area contributed by atoms with Crippen LogP contribution in [-0.2, 0) is 4.74 Å². The smallest absolute Gasteiger partial charge is 0.0615 e. The highest BCUT2D eigenvalue weighted by molar-refractivity contribution is 4.72. The number of nitrogens with one attached hydrogen (secondary N) is 1. The van der Waals surface area contributed by atoms with Gasteiger partial charge in [-0.25, -0.2) is 0 Å². The van der Waals surface area contributed by atoms with E-state index in [1.165, 1.54) is 0 Å². The maximum atomic E-state index is 5.16. The van der Waals surface area contributed by atoms with Crippen molar-refractivity contribution in [2.75, 3.05) is 33.9 Å². The molecule has 0 rings (SSSR count). The fraction of sp³-hybridized carbons (Fsp3) is 1.00. The Morgan fingerprint density at radius 3 is 2.13 bits per heavy atom. The van der Waals surface area contributed by atoms with Crippen LogP contribution in [-0.4, -0.2) is 50.8 Å². The number of nitrogens with zero attached hydrogens (tertiary/aromatic N) is 1. The van der Waals surface area contributed by atoms with Gasteiger partial charge >= 0.3 is 0 Å². The highest BCUT2D eigenvalue weighted by Crippen LogP contribution is 2.02. The van der Waals surface area contributed by atoms with Gasteiger partial charge in [-0.15, -0.1) is 0 Å². The Bertz CT molecular complexity index is 151. The Kier molecular flexibility index (Phi) is 8.02. The molecule has 3 heteroatoms. The van der Waals surface area contributed by atoms with Gasteiger partial charge in [-0.05, 0) is 33.4 Å². The second-order valence-corrected chi connectivity index (χ2v) is 4.87. The molecule has 0 fully saturated rings. The molecular weight excluding hydrogens is 188 g/mol. The third-order valence-electron chi connectivity index (χ3n) is 2.79. The van der Waals surface area contributed by atoms with Crippen LogP contribution in [0.15, 0.2) is 0 Å². The first-order valence-corrected chi connectivity index (χ1v) is 5.90. The second kappa shape index (κ2) is 8.08. The molecule has 0 aromatic rings. The van der Waals surface area contributed by atoms with E-state index in [9.17, 15) is 0 Å². The van der Waals surface area contributed by atoms with Crippen molar-refractivity contribution in [3.63, 3.8) is 0 Å². The van der Waals surface area contributed by atoms with Crippen LogP contribution in [0.3, 0.4) is 0 Å². The monoisotopic (exact) mass is 216 g/mol. The fourth-order valence-electron chi connectivity index (χ4n) is 1.52. The first-order valence-electron chi connectivity index (χ1n) is 5.90. The summed E-state index contributed by atoms with van der Waals surface area (Å²) in [5.41, 5.74) is 0. The minimum absolute atomic E-state index is 0.478. The van der Waals surface area contributed by atoms with Crippen molar-refractivity contribution in [2.24, 2.45) is 5.92 Å². The molecule has 0 amide bonds. The molecule has 0 heterocycles. The lowest BCUT2D eigenvalue weighted by atomic mass is 10.2. The molecule has 0 radical (unpaired) electrons. The number of hydrogen-bond donors (Lipinski definition) is 1. The Labute approximate surface area is 95.2 Å². The minimum Gasteiger partial charge on any atom is -0.383 e. The van der Waals surface area contributed by atoms with E-state index in [2.05, 4.69) is 45.0 Å². The number of hydrogen-bond acceptors (Lipinski definition) is 3. The zero-order valence-corrected chi connectivity index (χ0v) is 11.2. The van der Waals surface area contributed by atoms with Crippen LogP contribution >= 0.6 is 0 Å². The van der Waals surface area contributed by atoms with Crippen molar-refractivity contribution in [1.29, 1.82) is 0 Å². The van der Waals surface area contributed by atoms with Crippen LogP contribution in [0.2, 0.25) is 0 Å². The molecule has 0 aliphatic rings. The summed E-state index contributed by atoms with van der Waals surface area (Å²) in [4.78, 5) is 2.36. The topological polar surface area (TPSA) is 24.5 Å². The highest BCUT2D eigenvalue weighted by atomic mass is 16.5. The molecule has 0 spiro atoms. The Hall–Kier alpha value is -0.120. The molecule has 0 saturated heterocycles. The summed E-state index contributed by atoms with van der Waals surface area (Å²) in [6, 6.07) is 1.03. The Morgan fingerprint density at radius 2 is 1.67 bits per heavy atom. The molecular formula is C12H28N2O. The number of methoxy groups -OCH3 is 1. The largest absolute Gasteiger partial charge is 0.383 e. The fourth-order valence-corrected chi connectivity index (χ4v) is 1.52. The van der Waals surface area contributed by atoms with E-state index in [-0.39, 0.29) is 0 Å². The van der Waals surface area contributed by atoms with E-state index in [4.69, 9.17) is 4.74 Å². The average Bonchev–Trinajstić information content (AvgIpc) is 2.16. The normalized spacial score (nSPS) is 16.0. The quantitative estimate of drug-likeness (QED) is 0.667. The maximum Gasteiger partial charge on any atom is 0.0615 e. The van der Waals surface area contributed by atoms with Crippen molar-refractivity contribution < 1.29 is 4.74 Å². The molecule has 2 atom stereocenters. The average molecular weight is 216 g/mol. The van der Waals surface area contributed by atoms with Crippen LogP contribution in [0, 0.1) is 5.92 Å². The van der Waals surface area contributed by atoms with E-state index in [0.717, 1.165) is 25.6 Å². The first-order chi connectivity index (χ1) is 6.99. The maximum absolute atomic E-state index is 5.16. The van der Waals surface area contributed by atoms with E-state index >= 15 is 0 Å². The standard InChI is InChI=1S/C12H28N2O/c1-10(2)7-13-8-11(3)14(5)12(4)9-15-6/h10-13H,7-9H2,1-6H3. The van der Waals surface area contributed by atoms with Crippen LogP contribution < -0.4 is 5.32 Å². The van der Waals surface area contributed by atoms with Gasteiger partial charge in [0.15, 0.2) is 0 Å². The van der Waals surface area contributed by atoms with Crippen molar-refractivity contribution in [3.05, 3.63) is 0 Å². The molecule has 0 bridgehead atoms. The van der Waals surface area contributed by atoms with E-state index in [1.54, 1.807) is 7.11 Å². The lowest BCUT2D eigenvalue weighted by molar-refractivity contribution is 0.0933. The predicted octanol–water partition coefficient (Wildman–Crippen LogP) is 1.59. The van der Waals surface area contributed by atoms with Gasteiger partial charge in [0.1, 0.15) is 0 Å². The summed E-state index contributed by atoms with van der Waals surface area (Å²) >= 11 is 0. The van der Waals surface area contributed by atoms with Gasteiger partial charge in [0.25, 0.3) is 0 Å². The Balaban J connectivity index is 3.72. The molecule has 0 saturated carbocycles. The van der Waals surface area contributed by atoms with Gasteiger partial charge < -0.3 is 10.1 Å². The van der Waals surface area contributed by atoms with E-state index in [1.807, 2.05) is 0 Å². The molecule has 0 aromatic carbocycles. The molecule has 0 aliphatic heterocycles. The SMILES string of the molecule is COCC(C)N(C)C(C)CNCC(C)C. The molecule has 0 aromatic heterocycles. The zero-order chi connectivity index (χ0) is 11.8. The molecule has 1 N–H and O–H groups in total. The number of rotatable bonds is 8. The molecule has 15 heavy (non-hydrogen) atoms. The third kappa shape index (κ3) is 6.88. The summed E-state index contributed by atoms with van der Waals surface area (Å²) in [6.45, 7) is 11.8. The Morgan fingerprint density at radius 1 is 1.07 bits per heavy atom. The molecule has 0 aliphatic carbocycles. The van der Waals surface area contributed by atoms with Crippen molar-refractivity contribution >= 4 is 0 Å². The van der Waals surface area contributed by atoms with Crippen molar-refractivity contribution in [2.45, 2.75) is 39.8 Å². The van der Waals surface area contributed by atoms with Gasteiger partial charge in [0.2, 0.25) is 0 Å². The summed E-state index contributed by atoms with van der Waals surface area (Å²) in [5.74, 6) is 0.721. The summed E-state index contributed by atoms with van der Waals surface area (Å²) in [5, 5.41) is 3.48. The van der Waals surface area contributed by atoms with Gasteiger partial charge in [0, 0.05) is 25.7 Å². The van der Waals surface area contributed by atoms with Crippen LogP contribution in [0.1, 0.15) is 27.7 Å². The minimum atomic E-state index is 0.478. The number of ether oxygens (including phenoxy) is 1. The van der Waals surface area contributed by atoms with Crippen LogP contribution in [0.5, 0.6) is 0 Å². The second-order valence-electron chi connectivity index (χ2n) is 4.87. The summed E-state index contributed by atoms with van der Waals surface area (Å²) < 4.78 is 5.16. The first kappa shape index (κ1) is 14.9. The lowest BCUT2D eigenvalue weighted by Crippen LogP contribution is -2.44. The zero-order valence-electron chi connectivity index (χ0n) is 11.2. The van der Waals surface area contributed by atoms with Gasteiger partial charge in [0.05, 0.1) is 6.61 Å². The molecule has 3 nitrogen and oxygen atoms in total. The lowest BCUT2D eigenvalue weighted by Gasteiger charge is -2.30. The van der Waals surface area contributed by atoms with Crippen LogP contribution in [0.4, 0.5) is 0 Å². The number of likely N-dealkylation sites (N-methyl/N-ethyl adjacent to an activating group) is 1. The van der Waals surface area contributed by atoms with E-state index < -0.39 is 0 Å². The third-order valence-corrected chi connectivity index (χ3v) is 2.79. The summed E-state index contributed by atoms with van der Waals surface area (Å²) in [6.07, 6.45) is 0. The highest BCUT2D eigenvalue weighted by Gasteiger charge is 2.14. The van der Waals surface area contributed by atoms with Crippen LogP contribution in [0.25, 0.3) is 0 Å². The van der Waals surface area contributed by atoms with Gasteiger partial charge in [-0.3, -0.25) is 4.90 Å². The van der Waals surface area contributed by atoms with Gasteiger partial charge in [-0.1, -0.05) is 13.8 Å². The molecule has 2 unspecified atom stereocenters. The van der Waals surface area contributed by atoms with Gasteiger partial charge in [-0.2, -0.15) is 0 Å². The van der Waals surface area contributed by atoms with Crippen molar-refractivity contribution in [3.8, 4) is 0 Å². The van der Waals surface area contributed by atoms with Crippen molar-refractivity contribution in [1.82, 2.24) is 10.2 Å². The molecule has 92 valence electrons. The summed E-state index contributed by atoms with van der Waals surface area (Å²) in [7, 11) is 3.91. The predicted molar refractivity (Wildman–Crippen MR) is 66.3 cm³/mol.